The molecule has 0 aromatic heterocycles. The van der Waals surface area contributed by atoms with E-state index in [1.807, 2.05) is 0 Å². The Morgan fingerprint density at radius 2 is 2.24 bits per heavy atom. The van der Waals surface area contributed by atoms with E-state index in [2.05, 4.69) is 21.2 Å². The molecule has 0 aliphatic carbocycles. The zero-order valence-corrected chi connectivity index (χ0v) is 10.5. The van der Waals surface area contributed by atoms with Crippen molar-refractivity contribution >= 4 is 21.9 Å². The van der Waals surface area contributed by atoms with E-state index < -0.39 is 17.4 Å². The maximum atomic E-state index is 13.1. The van der Waals surface area contributed by atoms with Crippen LogP contribution < -0.4 is 10.1 Å². The van der Waals surface area contributed by atoms with E-state index in [4.69, 9.17) is 9.84 Å². The number of hydrogen-bond acceptors (Lipinski definition) is 3. The summed E-state index contributed by atoms with van der Waals surface area (Å²) in [5, 5.41) is 11.8. The predicted molar refractivity (Wildman–Crippen MR) is 62.6 cm³/mol. The minimum atomic E-state index is -0.929. The lowest BCUT2D eigenvalue weighted by Gasteiger charge is -2.41. The molecule has 1 heterocycles. The first-order valence-electron chi connectivity index (χ1n) is 5.07. The lowest BCUT2D eigenvalue weighted by molar-refractivity contribution is -0.143. The summed E-state index contributed by atoms with van der Waals surface area (Å²) in [6.45, 7) is 0.904. The molecule has 1 fully saturated rings. The van der Waals surface area contributed by atoms with Gasteiger partial charge in [-0.25, -0.2) is 4.39 Å². The van der Waals surface area contributed by atoms with Gasteiger partial charge in [0.05, 0.1) is 6.42 Å². The molecule has 0 bridgehead atoms. The highest BCUT2D eigenvalue weighted by Crippen LogP contribution is 2.28. The van der Waals surface area contributed by atoms with Crippen LogP contribution in [0.15, 0.2) is 22.7 Å². The molecule has 1 saturated heterocycles. The molecule has 92 valence electrons. The van der Waals surface area contributed by atoms with Crippen molar-refractivity contribution in [2.45, 2.75) is 12.0 Å². The topological polar surface area (TPSA) is 58.6 Å². The standard InChI is InChI=1S/C11H11BrFNO3/c12-7-1-8(13)3-9(2-7)17-11(4-10(15)16)5-14-6-11/h1-3,14H,4-6H2,(H,15,16). The lowest BCUT2D eigenvalue weighted by atomic mass is 9.92. The number of halogens is 2. The molecular weight excluding hydrogens is 293 g/mol. The van der Waals surface area contributed by atoms with Gasteiger partial charge in [-0.3, -0.25) is 4.79 Å². The van der Waals surface area contributed by atoms with Gasteiger partial charge in [-0.05, 0) is 12.1 Å². The first-order valence-corrected chi connectivity index (χ1v) is 5.86. The third-order valence-electron chi connectivity index (χ3n) is 2.54. The second-order valence-corrected chi connectivity index (χ2v) is 4.98. The molecule has 0 radical (unpaired) electrons. The Morgan fingerprint density at radius 3 is 2.71 bits per heavy atom. The third-order valence-corrected chi connectivity index (χ3v) is 3.00. The van der Waals surface area contributed by atoms with Gasteiger partial charge in [-0.2, -0.15) is 0 Å². The number of carboxylic acid groups (broad SMARTS) is 1. The van der Waals surface area contributed by atoms with Crippen LogP contribution in [0.5, 0.6) is 5.75 Å². The fourth-order valence-electron chi connectivity index (χ4n) is 1.75. The van der Waals surface area contributed by atoms with Gasteiger partial charge >= 0.3 is 5.97 Å². The Balaban J connectivity index is 2.15. The fraction of sp³-hybridized carbons (Fsp3) is 0.364. The normalized spacial score (nSPS) is 17.3. The zero-order chi connectivity index (χ0) is 12.5. The Bertz CT molecular complexity index is 428. The van der Waals surface area contributed by atoms with Crippen molar-refractivity contribution in [3.05, 3.63) is 28.5 Å². The highest BCUT2D eigenvalue weighted by molar-refractivity contribution is 9.10. The summed E-state index contributed by atoms with van der Waals surface area (Å²) < 4.78 is 19.3. The molecule has 0 atom stereocenters. The average molecular weight is 304 g/mol. The van der Waals surface area contributed by atoms with Gasteiger partial charge < -0.3 is 15.2 Å². The SMILES string of the molecule is O=C(O)CC1(Oc2cc(F)cc(Br)c2)CNC1. The van der Waals surface area contributed by atoms with E-state index in [1.165, 1.54) is 12.1 Å². The van der Waals surface area contributed by atoms with Gasteiger partial charge in [-0.15, -0.1) is 0 Å². The van der Waals surface area contributed by atoms with E-state index in [-0.39, 0.29) is 6.42 Å². The van der Waals surface area contributed by atoms with Crippen molar-refractivity contribution in [1.82, 2.24) is 5.32 Å². The maximum absolute atomic E-state index is 13.1. The van der Waals surface area contributed by atoms with Gasteiger partial charge in [0.1, 0.15) is 17.2 Å². The van der Waals surface area contributed by atoms with Crippen LogP contribution in [-0.2, 0) is 4.79 Å². The first kappa shape index (κ1) is 12.3. The maximum Gasteiger partial charge on any atom is 0.307 e. The van der Waals surface area contributed by atoms with Crippen LogP contribution in [0, 0.1) is 5.82 Å². The third kappa shape index (κ3) is 2.95. The molecule has 0 saturated carbocycles. The summed E-state index contributed by atoms with van der Waals surface area (Å²) in [5.41, 5.74) is -0.765. The van der Waals surface area contributed by atoms with Gasteiger partial charge in [0.2, 0.25) is 0 Å². The first-order chi connectivity index (χ1) is 7.99. The number of aliphatic carboxylic acids is 1. The molecule has 1 aliphatic heterocycles. The Hall–Kier alpha value is -1.14. The van der Waals surface area contributed by atoms with Gasteiger partial charge in [0.15, 0.2) is 0 Å². The Labute approximate surface area is 106 Å². The number of nitrogens with one attached hydrogen (secondary N) is 1. The fourth-order valence-corrected chi connectivity index (χ4v) is 2.19. The second kappa shape index (κ2) is 4.62. The molecule has 0 unspecified atom stereocenters. The van der Waals surface area contributed by atoms with E-state index in [1.54, 1.807) is 6.07 Å². The van der Waals surface area contributed by atoms with Crippen LogP contribution in [0.1, 0.15) is 6.42 Å². The minimum Gasteiger partial charge on any atom is -0.484 e. The second-order valence-electron chi connectivity index (χ2n) is 4.06. The monoisotopic (exact) mass is 303 g/mol. The Kier molecular flexibility index (Phi) is 3.35. The van der Waals surface area contributed by atoms with Crippen molar-refractivity contribution in [2.24, 2.45) is 0 Å². The zero-order valence-electron chi connectivity index (χ0n) is 8.87. The molecule has 1 aliphatic rings. The summed E-state index contributed by atoms with van der Waals surface area (Å²) >= 11 is 3.16. The summed E-state index contributed by atoms with van der Waals surface area (Å²) in [4.78, 5) is 10.7. The molecule has 0 spiro atoms. The van der Waals surface area contributed by atoms with Crippen molar-refractivity contribution in [3.63, 3.8) is 0 Å². The van der Waals surface area contributed by atoms with Crippen LogP contribution in [0.3, 0.4) is 0 Å². The summed E-state index contributed by atoms with van der Waals surface area (Å²) in [5.74, 6) is -1.02. The van der Waals surface area contributed by atoms with E-state index in [0.29, 0.717) is 23.3 Å². The highest BCUT2D eigenvalue weighted by atomic mass is 79.9. The molecule has 1 aromatic carbocycles. The van der Waals surface area contributed by atoms with Crippen molar-refractivity contribution in [1.29, 1.82) is 0 Å². The van der Waals surface area contributed by atoms with Crippen LogP contribution in [-0.4, -0.2) is 29.8 Å². The van der Waals surface area contributed by atoms with Crippen LogP contribution in [0.25, 0.3) is 0 Å². The van der Waals surface area contributed by atoms with Crippen molar-refractivity contribution < 1.29 is 19.0 Å². The van der Waals surface area contributed by atoms with E-state index in [0.717, 1.165) is 0 Å². The molecule has 6 heteroatoms. The number of ether oxygens (including phenoxy) is 1. The largest absolute Gasteiger partial charge is 0.484 e. The van der Waals surface area contributed by atoms with Crippen LogP contribution in [0.4, 0.5) is 4.39 Å². The Morgan fingerprint density at radius 1 is 1.53 bits per heavy atom. The lowest BCUT2D eigenvalue weighted by Crippen LogP contribution is -2.64. The molecule has 2 rings (SSSR count). The van der Waals surface area contributed by atoms with E-state index >= 15 is 0 Å². The van der Waals surface area contributed by atoms with Crippen molar-refractivity contribution in [2.75, 3.05) is 13.1 Å². The predicted octanol–water partition coefficient (Wildman–Crippen LogP) is 1.78. The number of hydrogen-bond donors (Lipinski definition) is 2. The highest BCUT2D eigenvalue weighted by Gasteiger charge is 2.41. The summed E-state index contributed by atoms with van der Waals surface area (Å²) in [6.07, 6.45) is -0.103. The molecule has 0 amide bonds. The summed E-state index contributed by atoms with van der Waals surface area (Å²) in [6, 6.07) is 4.17. The molecular formula is C11H11BrFNO3. The molecule has 2 N–H and O–H groups in total. The van der Waals surface area contributed by atoms with Crippen LogP contribution >= 0.6 is 15.9 Å². The smallest absolute Gasteiger partial charge is 0.307 e. The molecule has 1 aromatic rings. The van der Waals surface area contributed by atoms with Crippen LogP contribution in [0.2, 0.25) is 0 Å². The van der Waals surface area contributed by atoms with Gasteiger partial charge in [-0.1, -0.05) is 15.9 Å². The molecule has 4 nitrogen and oxygen atoms in total. The van der Waals surface area contributed by atoms with Crippen molar-refractivity contribution in [3.8, 4) is 5.75 Å². The summed E-state index contributed by atoms with van der Waals surface area (Å²) in [7, 11) is 0. The molecule has 17 heavy (non-hydrogen) atoms. The average Bonchev–Trinajstić information content (AvgIpc) is 2.11. The number of rotatable bonds is 4. The number of carboxylic acids is 1. The minimum absolute atomic E-state index is 0.103. The van der Waals surface area contributed by atoms with Gasteiger partial charge in [0.25, 0.3) is 0 Å². The van der Waals surface area contributed by atoms with E-state index in [9.17, 15) is 9.18 Å². The quantitative estimate of drug-likeness (QED) is 0.890. The number of carbonyl (C=O) groups is 1. The number of benzene rings is 1. The van der Waals surface area contributed by atoms with Gasteiger partial charge in [0, 0.05) is 23.6 Å².